The van der Waals surface area contributed by atoms with Gasteiger partial charge in [0.05, 0.1) is 11.0 Å². The van der Waals surface area contributed by atoms with Gasteiger partial charge in [0, 0.05) is 12.6 Å². The van der Waals surface area contributed by atoms with Gasteiger partial charge >= 0.3 is 0 Å². The first-order chi connectivity index (χ1) is 7.89. The summed E-state index contributed by atoms with van der Waals surface area (Å²) in [5, 5.41) is 3.36. The van der Waals surface area contributed by atoms with Crippen LogP contribution < -0.4 is 5.32 Å². The minimum atomic E-state index is -2.77. The predicted molar refractivity (Wildman–Crippen MR) is 70.8 cm³/mol. The van der Waals surface area contributed by atoms with Gasteiger partial charge in [0.1, 0.15) is 0 Å². The zero-order chi connectivity index (χ0) is 12.5. The molecule has 1 saturated heterocycles. The lowest BCUT2D eigenvalue weighted by atomic mass is 9.75. The van der Waals surface area contributed by atoms with Crippen molar-refractivity contribution >= 4 is 9.84 Å². The lowest BCUT2D eigenvalue weighted by Crippen LogP contribution is -2.40. The van der Waals surface area contributed by atoms with E-state index in [0.29, 0.717) is 23.8 Å². The molecule has 100 valence electrons. The highest BCUT2D eigenvalue weighted by atomic mass is 32.2. The summed E-state index contributed by atoms with van der Waals surface area (Å²) < 4.78 is 23.4. The fourth-order valence-electron chi connectivity index (χ4n) is 2.99. The highest BCUT2D eigenvalue weighted by Gasteiger charge is 2.32. The molecule has 1 saturated carbocycles. The molecule has 2 aliphatic rings. The number of nitrogens with one attached hydrogen (secondary N) is 1. The second-order valence-electron chi connectivity index (χ2n) is 6.48. The molecule has 0 amide bonds. The summed E-state index contributed by atoms with van der Waals surface area (Å²) in [4.78, 5) is 0. The van der Waals surface area contributed by atoms with Gasteiger partial charge in [-0.3, -0.25) is 0 Å². The van der Waals surface area contributed by atoms with Gasteiger partial charge in [0.2, 0.25) is 0 Å². The van der Waals surface area contributed by atoms with Gasteiger partial charge in [-0.05, 0) is 43.9 Å². The fraction of sp³-hybridized carbons (Fsp3) is 1.00. The topological polar surface area (TPSA) is 46.2 Å². The number of rotatable bonds is 3. The van der Waals surface area contributed by atoms with Crippen LogP contribution >= 0.6 is 0 Å². The average Bonchev–Trinajstić information content (AvgIpc) is 2.56. The van der Waals surface area contributed by atoms with Crippen molar-refractivity contribution in [2.45, 2.75) is 63.7 Å². The third-order valence-electron chi connectivity index (χ3n) is 4.44. The Morgan fingerprint density at radius 2 is 1.82 bits per heavy atom. The lowest BCUT2D eigenvalue weighted by Gasteiger charge is -2.35. The monoisotopic (exact) mass is 259 g/mol. The Bertz CT molecular complexity index is 352. The van der Waals surface area contributed by atoms with Crippen molar-refractivity contribution in [1.29, 1.82) is 0 Å². The smallest absolute Gasteiger partial charge is 0.154 e. The molecule has 1 unspecified atom stereocenters. The van der Waals surface area contributed by atoms with Crippen molar-refractivity contribution < 1.29 is 8.42 Å². The standard InChI is InChI=1S/C13H25NO2S/c1-13(2)7-5-11(6-8-13)14-10-12-4-3-9-17(12,15)16/h11-12,14H,3-10H2,1-2H3. The molecule has 2 fully saturated rings. The SMILES string of the molecule is CC1(C)CCC(NCC2CCCS2(=O)=O)CC1. The second-order valence-corrected chi connectivity index (χ2v) is 8.88. The molecular weight excluding hydrogens is 234 g/mol. The molecule has 1 heterocycles. The molecule has 3 nitrogen and oxygen atoms in total. The molecule has 0 aromatic carbocycles. The minimum absolute atomic E-state index is 0.113. The van der Waals surface area contributed by atoms with Gasteiger partial charge in [-0.25, -0.2) is 8.42 Å². The summed E-state index contributed by atoms with van der Waals surface area (Å²) in [6.45, 7) is 5.32. The summed E-state index contributed by atoms with van der Waals surface area (Å²) >= 11 is 0. The van der Waals surface area contributed by atoms with Crippen LogP contribution in [0, 0.1) is 5.41 Å². The average molecular weight is 259 g/mol. The molecule has 1 atom stereocenters. The molecule has 0 radical (unpaired) electrons. The van der Waals surface area contributed by atoms with Gasteiger partial charge in [0.25, 0.3) is 0 Å². The maximum Gasteiger partial charge on any atom is 0.154 e. The van der Waals surface area contributed by atoms with Crippen molar-refractivity contribution in [3.05, 3.63) is 0 Å². The van der Waals surface area contributed by atoms with E-state index in [9.17, 15) is 8.42 Å². The van der Waals surface area contributed by atoms with E-state index in [0.717, 1.165) is 12.8 Å². The van der Waals surface area contributed by atoms with Crippen molar-refractivity contribution in [3.8, 4) is 0 Å². The summed E-state index contributed by atoms with van der Waals surface area (Å²) in [5.74, 6) is 0.400. The fourth-order valence-corrected chi connectivity index (χ4v) is 4.77. The molecule has 1 aliphatic carbocycles. The van der Waals surface area contributed by atoms with Crippen LogP contribution in [0.25, 0.3) is 0 Å². The van der Waals surface area contributed by atoms with Crippen LogP contribution in [0.2, 0.25) is 0 Å². The first kappa shape index (κ1) is 13.3. The van der Waals surface area contributed by atoms with E-state index in [1.54, 1.807) is 0 Å². The highest BCUT2D eigenvalue weighted by Crippen LogP contribution is 2.35. The zero-order valence-electron chi connectivity index (χ0n) is 11.0. The van der Waals surface area contributed by atoms with Gasteiger partial charge < -0.3 is 5.32 Å². The number of hydrogen-bond donors (Lipinski definition) is 1. The molecule has 0 aromatic rings. The summed E-state index contributed by atoms with van der Waals surface area (Å²) in [7, 11) is -2.77. The van der Waals surface area contributed by atoms with Crippen LogP contribution in [0.3, 0.4) is 0 Å². The van der Waals surface area contributed by atoms with E-state index >= 15 is 0 Å². The van der Waals surface area contributed by atoms with Gasteiger partial charge in [-0.2, -0.15) is 0 Å². The third kappa shape index (κ3) is 3.44. The van der Waals surface area contributed by atoms with Crippen molar-refractivity contribution in [1.82, 2.24) is 5.32 Å². The summed E-state index contributed by atoms with van der Waals surface area (Å²) in [6.07, 6.45) is 6.60. The molecule has 0 aromatic heterocycles. The molecule has 4 heteroatoms. The quantitative estimate of drug-likeness (QED) is 0.844. The Kier molecular flexibility index (Phi) is 3.83. The second kappa shape index (κ2) is 4.88. The minimum Gasteiger partial charge on any atom is -0.313 e. The Morgan fingerprint density at radius 1 is 1.18 bits per heavy atom. The largest absolute Gasteiger partial charge is 0.313 e. The highest BCUT2D eigenvalue weighted by molar-refractivity contribution is 7.92. The Labute approximate surface area is 105 Å². The van der Waals surface area contributed by atoms with Crippen LogP contribution in [0.1, 0.15) is 52.4 Å². The molecule has 1 aliphatic heterocycles. The summed E-state index contributed by atoms with van der Waals surface area (Å²) in [5.41, 5.74) is 0.484. The van der Waals surface area contributed by atoms with Crippen LogP contribution in [-0.4, -0.2) is 32.0 Å². The van der Waals surface area contributed by atoms with E-state index in [2.05, 4.69) is 19.2 Å². The van der Waals surface area contributed by atoms with E-state index in [1.165, 1.54) is 25.7 Å². The van der Waals surface area contributed by atoms with Crippen LogP contribution in [-0.2, 0) is 9.84 Å². The van der Waals surface area contributed by atoms with E-state index < -0.39 is 9.84 Å². The molecule has 2 rings (SSSR count). The lowest BCUT2D eigenvalue weighted by molar-refractivity contribution is 0.207. The third-order valence-corrected chi connectivity index (χ3v) is 6.71. The van der Waals surface area contributed by atoms with Crippen molar-refractivity contribution in [3.63, 3.8) is 0 Å². The normalized spacial score (nSPS) is 32.7. The molecule has 0 bridgehead atoms. The maximum atomic E-state index is 11.7. The molecule has 1 N–H and O–H groups in total. The van der Waals surface area contributed by atoms with E-state index in [-0.39, 0.29) is 5.25 Å². The zero-order valence-corrected chi connectivity index (χ0v) is 11.9. The number of sulfone groups is 1. The Hall–Kier alpha value is -0.0900. The van der Waals surface area contributed by atoms with E-state index in [4.69, 9.17) is 0 Å². The predicted octanol–water partition coefficient (Wildman–Crippen LogP) is 2.12. The van der Waals surface area contributed by atoms with Gasteiger partial charge in [-0.1, -0.05) is 13.8 Å². The molecular formula is C13H25NO2S. The first-order valence-electron chi connectivity index (χ1n) is 6.84. The molecule has 17 heavy (non-hydrogen) atoms. The van der Waals surface area contributed by atoms with Crippen LogP contribution in [0.5, 0.6) is 0 Å². The molecule has 0 spiro atoms. The summed E-state index contributed by atoms with van der Waals surface area (Å²) in [6, 6.07) is 0.541. The number of hydrogen-bond acceptors (Lipinski definition) is 3. The van der Waals surface area contributed by atoms with Crippen molar-refractivity contribution in [2.24, 2.45) is 5.41 Å². The van der Waals surface area contributed by atoms with Crippen molar-refractivity contribution in [2.75, 3.05) is 12.3 Å². The van der Waals surface area contributed by atoms with Crippen LogP contribution in [0.15, 0.2) is 0 Å². The van der Waals surface area contributed by atoms with E-state index in [1.807, 2.05) is 0 Å². The Balaban J connectivity index is 1.76. The maximum absolute atomic E-state index is 11.7. The Morgan fingerprint density at radius 3 is 2.35 bits per heavy atom. The van der Waals surface area contributed by atoms with Gasteiger partial charge in [0.15, 0.2) is 9.84 Å². The van der Waals surface area contributed by atoms with Gasteiger partial charge in [-0.15, -0.1) is 0 Å². The first-order valence-corrected chi connectivity index (χ1v) is 8.56. The van der Waals surface area contributed by atoms with Crippen LogP contribution in [0.4, 0.5) is 0 Å².